The molecule has 3 rings (SSSR count). The zero-order chi connectivity index (χ0) is 22.0. The summed E-state index contributed by atoms with van der Waals surface area (Å²) in [7, 11) is 1.79. The Morgan fingerprint density at radius 3 is 2.67 bits per heavy atom. The summed E-state index contributed by atoms with van der Waals surface area (Å²) in [5, 5.41) is 7.04. The summed E-state index contributed by atoms with van der Waals surface area (Å²) < 4.78 is 7.35. The molecule has 8 nitrogen and oxygen atoms in total. The highest BCUT2D eigenvalue weighted by Crippen LogP contribution is 2.31. The summed E-state index contributed by atoms with van der Waals surface area (Å²) in [6, 6.07) is 3.45. The number of amides is 1. The molecule has 0 aliphatic heterocycles. The molecule has 0 radical (unpaired) electrons. The van der Waals surface area contributed by atoms with Gasteiger partial charge in [0.2, 0.25) is 5.88 Å². The summed E-state index contributed by atoms with van der Waals surface area (Å²) >= 11 is 6.44. The molecule has 30 heavy (non-hydrogen) atoms. The molecule has 158 valence electrons. The number of rotatable bonds is 6. The minimum atomic E-state index is -0.430. The maximum absolute atomic E-state index is 12.9. The number of carbonyl (C=O) groups excluding carboxylic acids is 1. The molecule has 0 fully saturated rings. The van der Waals surface area contributed by atoms with Crippen LogP contribution < -0.4 is 15.6 Å². The van der Waals surface area contributed by atoms with E-state index in [-0.39, 0.29) is 34.7 Å². The number of H-pyrrole nitrogens is 1. The van der Waals surface area contributed by atoms with Crippen molar-refractivity contribution >= 4 is 17.5 Å². The van der Waals surface area contributed by atoms with E-state index in [9.17, 15) is 9.59 Å². The second-order valence-corrected chi connectivity index (χ2v) is 7.75. The van der Waals surface area contributed by atoms with Gasteiger partial charge in [-0.05, 0) is 45.4 Å². The zero-order valence-electron chi connectivity index (χ0n) is 17.5. The molecule has 1 amide bonds. The Kier molecular flexibility index (Phi) is 6.26. The predicted octanol–water partition coefficient (Wildman–Crippen LogP) is 3.16. The third-order valence-electron chi connectivity index (χ3n) is 4.44. The molecular formula is C21H24ClN5O3. The number of hydrogen-bond acceptors (Lipinski definition) is 5. The highest BCUT2D eigenvalue weighted by Gasteiger charge is 2.20. The first-order valence-electron chi connectivity index (χ1n) is 9.49. The minimum Gasteiger partial charge on any atom is -0.474 e. The number of ether oxygens (including phenoxy) is 1. The van der Waals surface area contributed by atoms with E-state index in [4.69, 9.17) is 16.3 Å². The Morgan fingerprint density at radius 2 is 2.07 bits per heavy atom. The number of carbonyl (C=O) groups is 1. The molecule has 0 saturated carbocycles. The van der Waals surface area contributed by atoms with Gasteiger partial charge in [-0.1, -0.05) is 11.6 Å². The van der Waals surface area contributed by atoms with Crippen LogP contribution in [0, 0.1) is 13.8 Å². The smallest absolute Gasteiger partial charge is 0.253 e. The van der Waals surface area contributed by atoms with Crippen LogP contribution in [0.4, 0.5) is 0 Å². The molecule has 0 aliphatic carbocycles. The van der Waals surface area contributed by atoms with Crippen LogP contribution in [0.3, 0.4) is 0 Å². The first-order valence-corrected chi connectivity index (χ1v) is 9.87. The Hall–Kier alpha value is -3.13. The summed E-state index contributed by atoms with van der Waals surface area (Å²) in [5.41, 5.74) is 3.28. The second-order valence-electron chi connectivity index (χ2n) is 7.37. The lowest BCUT2D eigenvalue weighted by Gasteiger charge is -2.15. The van der Waals surface area contributed by atoms with Gasteiger partial charge in [-0.15, -0.1) is 0 Å². The maximum atomic E-state index is 12.9. The van der Waals surface area contributed by atoms with Crippen LogP contribution in [-0.2, 0) is 13.6 Å². The lowest BCUT2D eigenvalue weighted by atomic mass is 10.1. The molecule has 0 atom stereocenters. The Morgan fingerprint density at radius 1 is 1.33 bits per heavy atom. The van der Waals surface area contributed by atoms with Crippen molar-refractivity contribution < 1.29 is 9.53 Å². The molecule has 3 aromatic rings. The van der Waals surface area contributed by atoms with Crippen molar-refractivity contribution in [1.29, 1.82) is 0 Å². The highest BCUT2D eigenvalue weighted by atomic mass is 35.5. The van der Waals surface area contributed by atoms with Gasteiger partial charge in [0.05, 0.1) is 23.6 Å². The van der Waals surface area contributed by atoms with Gasteiger partial charge in [0.1, 0.15) is 5.02 Å². The van der Waals surface area contributed by atoms with Gasteiger partial charge in [-0.2, -0.15) is 5.10 Å². The molecule has 0 aliphatic rings. The van der Waals surface area contributed by atoms with Gasteiger partial charge < -0.3 is 15.0 Å². The van der Waals surface area contributed by atoms with Crippen LogP contribution in [0.5, 0.6) is 5.88 Å². The van der Waals surface area contributed by atoms with Crippen LogP contribution >= 0.6 is 11.6 Å². The third-order valence-corrected chi connectivity index (χ3v) is 4.80. The number of aromatic nitrogens is 4. The van der Waals surface area contributed by atoms with E-state index < -0.39 is 5.91 Å². The second kappa shape index (κ2) is 8.71. The normalized spacial score (nSPS) is 11.0. The monoisotopic (exact) mass is 429 g/mol. The van der Waals surface area contributed by atoms with Crippen molar-refractivity contribution in [3.05, 3.63) is 62.3 Å². The molecule has 0 bridgehead atoms. The van der Waals surface area contributed by atoms with Crippen molar-refractivity contribution in [2.45, 2.75) is 40.3 Å². The Bertz CT molecular complexity index is 1150. The number of nitrogens with one attached hydrogen (secondary N) is 2. The highest BCUT2D eigenvalue weighted by molar-refractivity contribution is 6.35. The molecule has 3 heterocycles. The SMILES string of the molecule is Cc1cc(C)c(CNC(=O)c2cc(-c3cnn(C)c3)nc(OC(C)C)c2Cl)c(=O)[nH]1. The molecule has 2 N–H and O–H groups in total. The van der Waals surface area contributed by atoms with Gasteiger partial charge in [0.15, 0.2) is 0 Å². The molecule has 0 spiro atoms. The van der Waals surface area contributed by atoms with Gasteiger partial charge in [-0.25, -0.2) is 4.98 Å². The topological polar surface area (TPSA) is 102 Å². The number of nitrogens with zero attached hydrogens (tertiary/aromatic N) is 3. The molecule has 0 saturated heterocycles. The molecule has 3 aromatic heterocycles. The van der Waals surface area contributed by atoms with E-state index in [0.717, 1.165) is 16.8 Å². The molecule has 9 heteroatoms. The number of pyridine rings is 2. The lowest BCUT2D eigenvalue weighted by Crippen LogP contribution is -2.28. The zero-order valence-corrected chi connectivity index (χ0v) is 18.3. The van der Waals surface area contributed by atoms with Crippen molar-refractivity contribution in [3.63, 3.8) is 0 Å². The average molecular weight is 430 g/mol. The Balaban J connectivity index is 1.95. The number of hydrogen-bond donors (Lipinski definition) is 2. The third kappa shape index (κ3) is 4.71. The first-order chi connectivity index (χ1) is 14.2. The van der Waals surface area contributed by atoms with Gasteiger partial charge in [0, 0.05) is 36.6 Å². The summed E-state index contributed by atoms with van der Waals surface area (Å²) in [6.07, 6.45) is 3.25. The lowest BCUT2D eigenvalue weighted by molar-refractivity contribution is 0.0950. The first kappa shape index (κ1) is 21.6. The molecule has 0 unspecified atom stereocenters. The van der Waals surface area contributed by atoms with Crippen molar-refractivity contribution in [1.82, 2.24) is 25.1 Å². The minimum absolute atomic E-state index is 0.0710. The van der Waals surface area contributed by atoms with E-state index in [1.165, 1.54) is 0 Å². The quantitative estimate of drug-likeness (QED) is 0.626. The van der Waals surface area contributed by atoms with Crippen molar-refractivity contribution in [3.8, 4) is 17.1 Å². The van der Waals surface area contributed by atoms with Crippen LogP contribution in [0.25, 0.3) is 11.3 Å². The number of halogens is 1. The summed E-state index contributed by atoms with van der Waals surface area (Å²) in [6.45, 7) is 7.41. The fourth-order valence-electron chi connectivity index (χ4n) is 3.04. The molecular weight excluding hydrogens is 406 g/mol. The van der Waals surface area contributed by atoms with Crippen LogP contribution in [0.2, 0.25) is 5.02 Å². The predicted molar refractivity (Wildman–Crippen MR) is 115 cm³/mol. The van der Waals surface area contributed by atoms with Crippen molar-refractivity contribution in [2.24, 2.45) is 7.05 Å². The fraction of sp³-hybridized carbons (Fsp3) is 0.333. The van der Waals surface area contributed by atoms with Gasteiger partial charge >= 0.3 is 0 Å². The summed E-state index contributed by atoms with van der Waals surface area (Å²) in [5.74, 6) is -0.261. The van der Waals surface area contributed by atoms with Gasteiger partial charge in [-0.3, -0.25) is 14.3 Å². The van der Waals surface area contributed by atoms with Crippen LogP contribution in [-0.4, -0.2) is 31.8 Å². The maximum Gasteiger partial charge on any atom is 0.253 e. The molecule has 0 aromatic carbocycles. The largest absolute Gasteiger partial charge is 0.474 e. The fourth-order valence-corrected chi connectivity index (χ4v) is 3.27. The van der Waals surface area contributed by atoms with E-state index >= 15 is 0 Å². The van der Waals surface area contributed by atoms with Crippen LogP contribution in [0.15, 0.2) is 29.3 Å². The van der Waals surface area contributed by atoms with E-state index in [1.807, 2.05) is 33.8 Å². The van der Waals surface area contributed by atoms with Gasteiger partial charge in [0.25, 0.3) is 11.5 Å². The Labute approximate surface area is 179 Å². The van der Waals surface area contributed by atoms with Crippen molar-refractivity contribution in [2.75, 3.05) is 0 Å². The van der Waals surface area contributed by atoms with E-state index in [2.05, 4.69) is 20.4 Å². The number of aromatic amines is 1. The van der Waals surface area contributed by atoms with Crippen LogP contribution in [0.1, 0.15) is 41.0 Å². The average Bonchev–Trinajstić information content (AvgIpc) is 3.08. The van der Waals surface area contributed by atoms with E-state index in [0.29, 0.717) is 11.3 Å². The standard InChI is InChI=1S/C21H24ClN5O3/c1-11(2)30-21-18(22)15(7-17(26-21)14-8-24-27(5)10-14)19(28)23-9-16-12(3)6-13(4)25-20(16)29/h6-8,10-11H,9H2,1-5H3,(H,23,28)(H,25,29). The van der Waals surface area contributed by atoms with E-state index in [1.54, 1.807) is 30.2 Å². The summed E-state index contributed by atoms with van der Waals surface area (Å²) in [4.78, 5) is 32.4. The number of aryl methyl sites for hydroxylation is 3.